The van der Waals surface area contributed by atoms with Gasteiger partial charge < -0.3 is 19.2 Å². The first kappa shape index (κ1) is 16.0. The van der Waals surface area contributed by atoms with Gasteiger partial charge >= 0.3 is 5.97 Å². The SMILES string of the molecule is COCCNc1cc2c(cc1C(=O)OC)oc1ccc(C=O)cc12. The number of methoxy groups -OCH3 is 2. The van der Waals surface area contributed by atoms with Gasteiger partial charge in [0.05, 0.1) is 19.3 Å². The summed E-state index contributed by atoms with van der Waals surface area (Å²) in [6.45, 7) is 1.04. The van der Waals surface area contributed by atoms with Crippen LogP contribution in [0.4, 0.5) is 5.69 Å². The van der Waals surface area contributed by atoms with E-state index in [9.17, 15) is 9.59 Å². The Labute approximate surface area is 138 Å². The third kappa shape index (κ3) is 2.83. The molecule has 2 aromatic carbocycles. The molecule has 1 N–H and O–H groups in total. The van der Waals surface area contributed by atoms with Crippen molar-refractivity contribution < 1.29 is 23.5 Å². The van der Waals surface area contributed by atoms with Crippen molar-refractivity contribution >= 4 is 39.9 Å². The first-order valence-corrected chi connectivity index (χ1v) is 7.44. The van der Waals surface area contributed by atoms with Crippen LogP contribution >= 0.6 is 0 Å². The highest BCUT2D eigenvalue weighted by Crippen LogP contribution is 2.33. The summed E-state index contributed by atoms with van der Waals surface area (Å²) in [6.07, 6.45) is 0.791. The van der Waals surface area contributed by atoms with Crippen LogP contribution in [0, 0.1) is 0 Å². The van der Waals surface area contributed by atoms with Crippen molar-refractivity contribution in [2.45, 2.75) is 0 Å². The summed E-state index contributed by atoms with van der Waals surface area (Å²) in [6, 6.07) is 8.69. The Morgan fingerprint density at radius 1 is 1.17 bits per heavy atom. The van der Waals surface area contributed by atoms with Crippen LogP contribution < -0.4 is 5.32 Å². The van der Waals surface area contributed by atoms with Crippen molar-refractivity contribution in [2.75, 3.05) is 32.7 Å². The molecule has 0 unspecified atom stereocenters. The summed E-state index contributed by atoms with van der Waals surface area (Å²) in [5.41, 5.74) is 2.80. The van der Waals surface area contributed by atoms with E-state index in [1.807, 2.05) is 6.07 Å². The average molecular weight is 327 g/mol. The lowest BCUT2D eigenvalue weighted by Gasteiger charge is -2.10. The number of ether oxygens (including phenoxy) is 2. The lowest BCUT2D eigenvalue weighted by molar-refractivity contribution is 0.0601. The highest BCUT2D eigenvalue weighted by atomic mass is 16.5. The first-order chi connectivity index (χ1) is 11.7. The smallest absolute Gasteiger partial charge is 0.340 e. The van der Waals surface area contributed by atoms with Gasteiger partial charge in [0.15, 0.2) is 0 Å². The molecule has 1 aromatic heterocycles. The molecule has 124 valence electrons. The van der Waals surface area contributed by atoms with Gasteiger partial charge in [0.1, 0.15) is 17.5 Å². The van der Waals surface area contributed by atoms with E-state index < -0.39 is 5.97 Å². The maximum absolute atomic E-state index is 12.0. The van der Waals surface area contributed by atoms with Crippen molar-refractivity contribution in [2.24, 2.45) is 0 Å². The summed E-state index contributed by atoms with van der Waals surface area (Å²) in [7, 11) is 2.94. The zero-order valence-electron chi connectivity index (χ0n) is 13.4. The van der Waals surface area contributed by atoms with Crippen molar-refractivity contribution in [1.82, 2.24) is 0 Å². The van der Waals surface area contributed by atoms with Gasteiger partial charge in [-0.2, -0.15) is 0 Å². The lowest BCUT2D eigenvalue weighted by Crippen LogP contribution is -2.12. The summed E-state index contributed by atoms with van der Waals surface area (Å²) in [4.78, 5) is 23.1. The Morgan fingerprint density at radius 3 is 2.67 bits per heavy atom. The van der Waals surface area contributed by atoms with Gasteiger partial charge in [-0.05, 0) is 30.3 Å². The molecule has 0 atom stereocenters. The minimum Gasteiger partial charge on any atom is -0.465 e. The number of benzene rings is 2. The first-order valence-electron chi connectivity index (χ1n) is 7.44. The van der Waals surface area contributed by atoms with Crippen LogP contribution in [0.15, 0.2) is 34.7 Å². The molecule has 0 saturated heterocycles. The number of anilines is 1. The van der Waals surface area contributed by atoms with Crippen molar-refractivity contribution in [3.63, 3.8) is 0 Å². The number of fused-ring (bicyclic) bond motifs is 3. The van der Waals surface area contributed by atoms with Gasteiger partial charge in [-0.25, -0.2) is 4.79 Å². The number of furan rings is 1. The maximum Gasteiger partial charge on any atom is 0.340 e. The predicted octanol–water partition coefficient (Wildman–Crippen LogP) is 3.24. The van der Waals surface area contributed by atoms with Gasteiger partial charge in [0.2, 0.25) is 0 Å². The maximum atomic E-state index is 12.0. The van der Waals surface area contributed by atoms with E-state index in [2.05, 4.69) is 5.32 Å². The van der Waals surface area contributed by atoms with E-state index in [-0.39, 0.29) is 0 Å². The molecule has 6 heteroatoms. The van der Waals surface area contributed by atoms with E-state index in [1.54, 1.807) is 31.4 Å². The second-order valence-electron chi connectivity index (χ2n) is 5.28. The molecule has 3 aromatic rings. The molecule has 0 spiro atoms. The van der Waals surface area contributed by atoms with Crippen LogP contribution in [0.2, 0.25) is 0 Å². The van der Waals surface area contributed by atoms with E-state index in [0.29, 0.717) is 41.1 Å². The van der Waals surface area contributed by atoms with E-state index in [4.69, 9.17) is 13.9 Å². The van der Waals surface area contributed by atoms with Crippen molar-refractivity contribution in [1.29, 1.82) is 0 Å². The number of hydrogen-bond acceptors (Lipinski definition) is 6. The second kappa shape index (κ2) is 6.72. The zero-order chi connectivity index (χ0) is 17.1. The van der Waals surface area contributed by atoms with E-state index in [1.165, 1.54) is 7.11 Å². The zero-order valence-corrected chi connectivity index (χ0v) is 13.4. The van der Waals surface area contributed by atoms with Crippen LogP contribution in [0.25, 0.3) is 21.9 Å². The van der Waals surface area contributed by atoms with Crippen molar-refractivity contribution in [3.05, 3.63) is 41.5 Å². The molecule has 0 fully saturated rings. The quantitative estimate of drug-likeness (QED) is 0.425. The second-order valence-corrected chi connectivity index (χ2v) is 5.28. The molecule has 0 amide bonds. The normalized spacial score (nSPS) is 10.9. The largest absolute Gasteiger partial charge is 0.465 e. The summed E-state index contributed by atoms with van der Waals surface area (Å²) in [5, 5.41) is 4.81. The Hall–Kier alpha value is -2.86. The number of esters is 1. The van der Waals surface area contributed by atoms with Crippen LogP contribution in [-0.4, -0.2) is 39.6 Å². The van der Waals surface area contributed by atoms with E-state index in [0.717, 1.165) is 17.1 Å². The molecule has 0 aliphatic rings. The Morgan fingerprint density at radius 2 is 1.96 bits per heavy atom. The summed E-state index contributed by atoms with van der Waals surface area (Å²) < 4.78 is 15.7. The highest BCUT2D eigenvalue weighted by molar-refractivity contribution is 6.10. The van der Waals surface area contributed by atoms with Gasteiger partial charge in [-0.15, -0.1) is 0 Å². The number of carbonyl (C=O) groups is 2. The third-order valence-electron chi connectivity index (χ3n) is 3.80. The molecule has 6 nitrogen and oxygen atoms in total. The summed E-state index contributed by atoms with van der Waals surface area (Å²) in [5.74, 6) is -0.453. The Bertz CT molecular complexity index is 913. The molecule has 0 aliphatic heterocycles. The molecule has 1 heterocycles. The van der Waals surface area contributed by atoms with Gasteiger partial charge in [0, 0.05) is 35.7 Å². The Kier molecular flexibility index (Phi) is 4.48. The number of rotatable bonds is 6. The average Bonchev–Trinajstić information content (AvgIpc) is 2.97. The van der Waals surface area contributed by atoms with Gasteiger partial charge in [-0.3, -0.25) is 4.79 Å². The molecular weight excluding hydrogens is 310 g/mol. The van der Waals surface area contributed by atoms with Crippen LogP contribution in [0.5, 0.6) is 0 Å². The number of carbonyl (C=O) groups excluding carboxylic acids is 2. The minimum atomic E-state index is -0.453. The fourth-order valence-electron chi connectivity index (χ4n) is 2.63. The minimum absolute atomic E-state index is 0.385. The van der Waals surface area contributed by atoms with Crippen LogP contribution in [-0.2, 0) is 9.47 Å². The number of hydrogen-bond donors (Lipinski definition) is 1. The number of nitrogens with one attached hydrogen (secondary N) is 1. The molecule has 0 bridgehead atoms. The van der Waals surface area contributed by atoms with Crippen LogP contribution in [0.1, 0.15) is 20.7 Å². The lowest BCUT2D eigenvalue weighted by atomic mass is 10.1. The topological polar surface area (TPSA) is 77.8 Å². The standard InChI is InChI=1S/C18H17NO5/c1-22-6-5-19-15-8-13-12-7-11(10-20)3-4-16(12)24-17(13)9-14(15)18(21)23-2/h3-4,7-10,19H,5-6H2,1-2H3. The van der Waals surface area contributed by atoms with Crippen LogP contribution in [0.3, 0.4) is 0 Å². The van der Waals surface area contributed by atoms with Gasteiger partial charge in [-0.1, -0.05) is 0 Å². The summed E-state index contributed by atoms with van der Waals surface area (Å²) >= 11 is 0. The fourth-order valence-corrected chi connectivity index (χ4v) is 2.63. The van der Waals surface area contributed by atoms with E-state index >= 15 is 0 Å². The third-order valence-corrected chi connectivity index (χ3v) is 3.80. The Balaban J connectivity index is 2.18. The molecule has 0 aliphatic carbocycles. The monoisotopic (exact) mass is 327 g/mol. The molecule has 3 rings (SSSR count). The molecule has 0 radical (unpaired) electrons. The molecule has 24 heavy (non-hydrogen) atoms. The highest BCUT2D eigenvalue weighted by Gasteiger charge is 2.17. The molecular formula is C18H17NO5. The predicted molar refractivity (Wildman–Crippen MR) is 90.8 cm³/mol. The molecule has 0 saturated carbocycles. The van der Waals surface area contributed by atoms with Crippen molar-refractivity contribution in [3.8, 4) is 0 Å². The number of aldehydes is 1. The fraction of sp³-hybridized carbons (Fsp3) is 0.222. The van der Waals surface area contributed by atoms with Gasteiger partial charge in [0.25, 0.3) is 0 Å².